The van der Waals surface area contributed by atoms with E-state index >= 15 is 0 Å². The standard InChI is InChI=1S/C15H20ClN5/c1-3-9-17-14-19-13(16)20-15(21-14)18-10-8-12-7-5-4-6-11(12)2/h4-7H,3,8-10H2,1-2H3,(H2,17,18,19,20,21). The summed E-state index contributed by atoms with van der Waals surface area (Å²) in [6.45, 7) is 5.75. The second kappa shape index (κ2) is 7.78. The first-order valence-corrected chi connectivity index (χ1v) is 7.50. The van der Waals surface area contributed by atoms with Gasteiger partial charge in [0, 0.05) is 13.1 Å². The van der Waals surface area contributed by atoms with Crippen molar-refractivity contribution in [2.45, 2.75) is 26.7 Å². The molecule has 0 saturated heterocycles. The van der Waals surface area contributed by atoms with Crippen LogP contribution in [0.1, 0.15) is 24.5 Å². The number of rotatable bonds is 7. The summed E-state index contributed by atoms with van der Waals surface area (Å²) in [5.74, 6) is 1.01. The van der Waals surface area contributed by atoms with Gasteiger partial charge in [-0.15, -0.1) is 0 Å². The van der Waals surface area contributed by atoms with Crippen LogP contribution in [0.3, 0.4) is 0 Å². The van der Waals surface area contributed by atoms with Gasteiger partial charge in [-0.05, 0) is 42.5 Å². The molecule has 1 aromatic heterocycles. The number of benzene rings is 1. The topological polar surface area (TPSA) is 62.7 Å². The molecule has 1 heterocycles. The zero-order valence-electron chi connectivity index (χ0n) is 12.4. The molecule has 0 aliphatic carbocycles. The Morgan fingerprint density at radius 2 is 1.67 bits per heavy atom. The van der Waals surface area contributed by atoms with Crippen molar-refractivity contribution in [2.24, 2.45) is 0 Å². The van der Waals surface area contributed by atoms with Crippen LogP contribution in [0.15, 0.2) is 24.3 Å². The van der Waals surface area contributed by atoms with Crippen LogP contribution in [0.5, 0.6) is 0 Å². The lowest BCUT2D eigenvalue weighted by Gasteiger charge is -2.09. The average molecular weight is 306 g/mol. The summed E-state index contributed by atoms with van der Waals surface area (Å²) in [6.07, 6.45) is 1.91. The van der Waals surface area contributed by atoms with Crippen molar-refractivity contribution in [1.82, 2.24) is 15.0 Å². The molecule has 0 unspecified atom stereocenters. The van der Waals surface area contributed by atoms with Gasteiger partial charge in [0.25, 0.3) is 0 Å². The van der Waals surface area contributed by atoms with Crippen LogP contribution < -0.4 is 10.6 Å². The van der Waals surface area contributed by atoms with E-state index in [1.54, 1.807) is 0 Å². The highest BCUT2D eigenvalue weighted by molar-refractivity contribution is 6.28. The molecule has 0 spiro atoms. The summed E-state index contributed by atoms with van der Waals surface area (Å²) < 4.78 is 0. The van der Waals surface area contributed by atoms with Crippen molar-refractivity contribution >= 4 is 23.5 Å². The largest absolute Gasteiger partial charge is 0.354 e. The Morgan fingerprint density at radius 3 is 2.33 bits per heavy atom. The number of nitrogens with one attached hydrogen (secondary N) is 2. The molecule has 2 aromatic rings. The smallest absolute Gasteiger partial charge is 0.228 e. The van der Waals surface area contributed by atoms with E-state index in [9.17, 15) is 0 Å². The number of aromatic nitrogens is 3. The summed E-state index contributed by atoms with van der Waals surface area (Å²) >= 11 is 5.91. The van der Waals surface area contributed by atoms with Crippen LogP contribution in [-0.4, -0.2) is 28.0 Å². The summed E-state index contributed by atoms with van der Waals surface area (Å²) in [5, 5.41) is 6.49. The van der Waals surface area contributed by atoms with E-state index in [1.165, 1.54) is 11.1 Å². The summed E-state index contributed by atoms with van der Waals surface area (Å²) in [7, 11) is 0. The predicted octanol–water partition coefficient (Wildman–Crippen LogP) is 3.31. The van der Waals surface area contributed by atoms with Crippen LogP contribution in [0, 0.1) is 6.92 Å². The van der Waals surface area contributed by atoms with Crippen LogP contribution in [-0.2, 0) is 6.42 Å². The van der Waals surface area contributed by atoms with Gasteiger partial charge < -0.3 is 10.6 Å². The molecule has 0 saturated carbocycles. The Bertz CT molecular complexity index is 588. The molecule has 5 nitrogen and oxygen atoms in total. The quantitative estimate of drug-likeness (QED) is 0.821. The third-order valence-corrected chi connectivity index (χ3v) is 3.25. The van der Waals surface area contributed by atoms with E-state index in [0.717, 1.165) is 25.9 Å². The van der Waals surface area contributed by atoms with Crippen molar-refractivity contribution in [3.63, 3.8) is 0 Å². The fraction of sp³-hybridized carbons (Fsp3) is 0.400. The van der Waals surface area contributed by atoms with Gasteiger partial charge in [-0.25, -0.2) is 0 Å². The van der Waals surface area contributed by atoms with Gasteiger partial charge in [-0.2, -0.15) is 15.0 Å². The number of hydrogen-bond donors (Lipinski definition) is 2. The summed E-state index contributed by atoms with van der Waals surface area (Å²) in [4.78, 5) is 12.4. The molecule has 6 heteroatoms. The first kappa shape index (κ1) is 15.5. The van der Waals surface area contributed by atoms with Gasteiger partial charge in [0.1, 0.15) is 0 Å². The molecule has 21 heavy (non-hydrogen) atoms. The molecular weight excluding hydrogens is 286 g/mol. The summed E-state index contributed by atoms with van der Waals surface area (Å²) in [6, 6.07) is 8.34. The lowest BCUT2D eigenvalue weighted by molar-refractivity contribution is 0.924. The van der Waals surface area contributed by atoms with Gasteiger partial charge in [-0.3, -0.25) is 0 Å². The van der Waals surface area contributed by atoms with Gasteiger partial charge in [0.2, 0.25) is 17.2 Å². The maximum atomic E-state index is 5.91. The molecule has 2 N–H and O–H groups in total. The first-order valence-electron chi connectivity index (χ1n) is 7.13. The van der Waals surface area contributed by atoms with Gasteiger partial charge >= 0.3 is 0 Å². The number of aryl methyl sites for hydroxylation is 1. The number of halogens is 1. The monoisotopic (exact) mass is 305 g/mol. The molecule has 0 fully saturated rings. The van der Waals surface area contributed by atoms with Crippen LogP contribution in [0.25, 0.3) is 0 Å². The van der Waals surface area contributed by atoms with Crippen molar-refractivity contribution in [2.75, 3.05) is 23.7 Å². The molecular formula is C15H20ClN5. The summed E-state index contributed by atoms with van der Waals surface area (Å²) in [5.41, 5.74) is 2.60. The molecule has 0 bridgehead atoms. The molecule has 112 valence electrons. The van der Waals surface area contributed by atoms with E-state index in [1.807, 2.05) is 6.07 Å². The molecule has 0 atom stereocenters. The van der Waals surface area contributed by atoms with E-state index in [2.05, 4.69) is 57.6 Å². The lowest BCUT2D eigenvalue weighted by atomic mass is 10.1. The SMILES string of the molecule is CCCNc1nc(Cl)nc(NCCc2ccccc2C)n1. The van der Waals surface area contributed by atoms with Crippen LogP contribution in [0.2, 0.25) is 5.28 Å². The minimum absolute atomic E-state index is 0.196. The van der Waals surface area contributed by atoms with E-state index in [-0.39, 0.29) is 5.28 Å². The number of anilines is 2. The van der Waals surface area contributed by atoms with Crippen molar-refractivity contribution in [3.05, 3.63) is 40.7 Å². The highest BCUT2D eigenvalue weighted by Crippen LogP contribution is 2.11. The predicted molar refractivity (Wildman–Crippen MR) is 87.0 cm³/mol. The third-order valence-electron chi connectivity index (χ3n) is 3.08. The van der Waals surface area contributed by atoms with Crippen molar-refractivity contribution < 1.29 is 0 Å². The average Bonchev–Trinajstić information content (AvgIpc) is 2.47. The molecule has 0 aliphatic rings. The van der Waals surface area contributed by atoms with Crippen LogP contribution >= 0.6 is 11.6 Å². The second-order valence-corrected chi connectivity index (χ2v) is 5.12. The first-order chi connectivity index (χ1) is 10.2. The fourth-order valence-corrected chi connectivity index (χ4v) is 2.10. The molecule has 0 amide bonds. The molecule has 0 radical (unpaired) electrons. The maximum absolute atomic E-state index is 5.91. The maximum Gasteiger partial charge on any atom is 0.228 e. The third kappa shape index (κ3) is 4.86. The number of nitrogens with zero attached hydrogens (tertiary/aromatic N) is 3. The van der Waals surface area contributed by atoms with Crippen molar-refractivity contribution in [1.29, 1.82) is 0 Å². The Balaban J connectivity index is 1.93. The van der Waals surface area contributed by atoms with E-state index < -0.39 is 0 Å². The number of hydrogen-bond acceptors (Lipinski definition) is 5. The minimum atomic E-state index is 0.196. The van der Waals surface area contributed by atoms with Gasteiger partial charge in [0.05, 0.1) is 0 Å². The highest BCUT2D eigenvalue weighted by Gasteiger charge is 2.04. The normalized spacial score (nSPS) is 10.4. The molecule has 1 aromatic carbocycles. The minimum Gasteiger partial charge on any atom is -0.354 e. The van der Waals surface area contributed by atoms with E-state index in [0.29, 0.717) is 11.9 Å². The Labute approximate surface area is 130 Å². The second-order valence-electron chi connectivity index (χ2n) is 4.78. The molecule has 2 rings (SSSR count). The lowest BCUT2D eigenvalue weighted by Crippen LogP contribution is -2.12. The Morgan fingerprint density at radius 1 is 1.00 bits per heavy atom. The van der Waals surface area contributed by atoms with E-state index in [4.69, 9.17) is 11.6 Å². The van der Waals surface area contributed by atoms with Crippen molar-refractivity contribution in [3.8, 4) is 0 Å². The fourth-order valence-electron chi connectivity index (χ4n) is 1.94. The van der Waals surface area contributed by atoms with Gasteiger partial charge in [-0.1, -0.05) is 31.2 Å². The Hall–Kier alpha value is -1.88. The van der Waals surface area contributed by atoms with Crippen LogP contribution in [0.4, 0.5) is 11.9 Å². The highest BCUT2D eigenvalue weighted by atomic mass is 35.5. The van der Waals surface area contributed by atoms with Gasteiger partial charge in [0.15, 0.2) is 0 Å². The zero-order valence-corrected chi connectivity index (χ0v) is 13.1. The molecule has 0 aliphatic heterocycles. The zero-order chi connectivity index (χ0) is 15.1. The Kier molecular flexibility index (Phi) is 5.75.